The van der Waals surface area contributed by atoms with Crippen molar-refractivity contribution in [2.45, 2.75) is 33.1 Å². The fourth-order valence-corrected chi connectivity index (χ4v) is 2.70. The number of fused-ring (bicyclic) bond motifs is 1. The zero-order valence-corrected chi connectivity index (χ0v) is 12.8. The smallest absolute Gasteiger partial charge is 0.309 e. The Morgan fingerprint density at radius 3 is 2.76 bits per heavy atom. The van der Waals surface area contributed by atoms with Crippen molar-refractivity contribution in [1.29, 1.82) is 0 Å². The Kier molecular flexibility index (Phi) is 4.99. The van der Waals surface area contributed by atoms with Crippen molar-refractivity contribution < 1.29 is 19.1 Å². The van der Waals surface area contributed by atoms with E-state index in [9.17, 15) is 9.59 Å². The number of carbonyl (C=O) groups is 2. The molecule has 0 radical (unpaired) electrons. The van der Waals surface area contributed by atoms with E-state index in [-0.39, 0.29) is 24.1 Å². The lowest BCUT2D eigenvalue weighted by Gasteiger charge is -2.16. The molecule has 0 fully saturated rings. The summed E-state index contributed by atoms with van der Waals surface area (Å²) in [5.41, 5.74) is 1.72. The Hall–Kier alpha value is -1.84. The van der Waals surface area contributed by atoms with E-state index in [0.29, 0.717) is 24.5 Å². The van der Waals surface area contributed by atoms with Crippen LogP contribution in [0.25, 0.3) is 0 Å². The second-order valence-corrected chi connectivity index (χ2v) is 5.90. The van der Waals surface area contributed by atoms with E-state index in [1.165, 1.54) is 7.11 Å². The van der Waals surface area contributed by atoms with Crippen LogP contribution < -0.4 is 4.74 Å². The van der Waals surface area contributed by atoms with Gasteiger partial charge in [0.15, 0.2) is 5.78 Å². The van der Waals surface area contributed by atoms with Gasteiger partial charge >= 0.3 is 5.97 Å². The summed E-state index contributed by atoms with van der Waals surface area (Å²) in [7, 11) is 1.37. The Balaban J connectivity index is 2.09. The van der Waals surface area contributed by atoms with Crippen LogP contribution in [0.2, 0.25) is 0 Å². The average molecular weight is 290 g/mol. The molecule has 1 aromatic carbocycles. The minimum atomic E-state index is -0.369. The maximum absolute atomic E-state index is 12.4. The number of carbonyl (C=O) groups excluding carboxylic acids is 2. The van der Waals surface area contributed by atoms with E-state index in [1.54, 1.807) is 6.07 Å². The fourth-order valence-electron chi connectivity index (χ4n) is 2.70. The molecule has 0 N–H and O–H groups in total. The number of rotatable bonds is 6. The Bertz CT molecular complexity index is 534. The van der Waals surface area contributed by atoms with Gasteiger partial charge in [0.2, 0.25) is 0 Å². The third-order valence-electron chi connectivity index (χ3n) is 3.73. The van der Waals surface area contributed by atoms with Gasteiger partial charge < -0.3 is 9.47 Å². The van der Waals surface area contributed by atoms with Crippen LogP contribution in [0, 0.1) is 11.8 Å². The van der Waals surface area contributed by atoms with Crippen LogP contribution in [0.5, 0.6) is 5.75 Å². The van der Waals surface area contributed by atoms with E-state index in [2.05, 4.69) is 0 Å². The van der Waals surface area contributed by atoms with E-state index in [0.717, 1.165) is 17.7 Å². The summed E-state index contributed by atoms with van der Waals surface area (Å²) in [5.74, 6) is 0.517. The number of methoxy groups -OCH3 is 1. The number of ketones is 1. The first-order valence-corrected chi connectivity index (χ1v) is 7.38. The topological polar surface area (TPSA) is 52.6 Å². The molecule has 1 heterocycles. The number of hydrogen-bond donors (Lipinski definition) is 0. The van der Waals surface area contributed by atoms with Crippen molar-refractivity contribution in [3.05, 3.63) is 29.3 Å². The molecule has 4 heteroatoms. The summed E-state index contributed by atoms with van der Waals surface area (Å²) in [5, 5.41) is 0. The van der Waals surface area contributed by atoms with Crippen LogP contribution in [0.15, 0.2) is 18.2 Å². The lowest BCUT2D eigenvalue weighted by atomic mass is 9.90. The number of ether oxygens (including phenoxy) is 2. The molecule has 4 nitrogen and oxygen atoms in total. The molecule has 1 aliphatic rings. The van der Waals surface area contributed by atoms with Crippen LogP contribution in [-0.4, -0.2) is 25.5 Å². The van der Waals surface area contributed by atoms with Crippen molar-refractivity contribution >= 4 is 11.8 Å². The van der Waals surface area contributed by atoms with Crippen molar-refractivity contribution in [2.75, 3.05) is 13.7 Å². The van der Waals surface area contributed by atoms with Gasteiger partial charge in [0.25, 0.3) is 0 Å². The molecule has 2 rings (SSSR count). The monoisotopic (exact) mass is 290 g/mol. The zero-order chi connectivity index (χ0) is 15.4. The maximum Gasteiger partial charge on any atom is 0.309 e. The summed E-state index contributed by atoms with van der Waals surface area (Å²) >= 11 is 0. The zero-order valence-electron chi connectivity index (χ0n) is 12.8. The van der Waals surface area contributed by atoms with Gasteiger partial charge in [-0.1, -0.05) is 13.8 Å². The van der Waals surface area contributed by atoms with Crippen LogP contribution >= 0.6 is 0 Å². The fraction of sp³-hybridized carbons (Fsp3) is 0.529. The summed E-state index contributed by atoms with van der Waals surface area (Å²) in [4.78, 5) is 24.2. The van der Waals surface area contributed by atoms with Gasteiger partial charge in [-0.15, -0.1) is 0 Å². The Labute approximate surface area is 125 Å². The van der Waals surface area contributed by atoms with Crippen LogP contribution in [0.4, 0.5) is 0 Å². The predicted octanol–water partition coefficient (Wildman–Crippen LogP) is 3.03. The molecule has 0 aliphatic carbocycles. The second kappa shape index (κ2) is 6.74. The molecule has 1 aliphatic heterocycles. The first kappa shape index (κ1) is 15.5. The molecule has 114 valence electrons. The van der Waals surface area contributed by atoms with Crippen LogP contribution in [0.3, 0.4) is 0 Å². The van der Waals surface area contributed by atoms with Crippen molar-refractivity contribution in [2.24, 2.45) is 11.8 Å². The molecule has 1 atom stereocenters. The number of benzene rings is 1. The maximum atomic E-state index is 12.4. The number of esters is 1. The second-order valence-electron chi connectivity index (χ2n) is 5.90. The minimum absolute atomic E-state index is 0.0132. The number of hydrogen-bond acceptors (Lipinski definition) is 4. The summed E-state index contributed by atoms with van der Waals surface area (Å²) in [6, 6.07) is 5.50. The Morgan fingerprint density at radius 2 is 2.10 bits per heavy atom. The first-order chi connectivity index (χ1) is 10.0. The molecule has 0 amide bonds. The molecular formula is C17H22O4. The third-order valence-corrected chi connectivity index (χ3v) is 3.73. The van der Waals surface area contributed by atoms with Crippen LogP contribution in [0.1, 0.15) is 42.6 Å². The summed E-state index contributed by atoms with van der Waals surface area (Å²) in [6.45, 7) is 4.74. The van der Waals surface area contributed by atoms with Crippen LogP contribution in [-0.2, 0) is 16.0 Å². The normalized spacial score (nSPS) is 14.5. The molecular weight excluding hydrogens is 268 g/mol. The average Bonchev–Trinajstić information content (AvgIpc) is 2.92. The number of Topliss-reactive ketones (excluding diaryl/α,β-unsaturated/α-hetero) is 1. The lowest BCUT2D eigenvalue weighted by Crippen LogP contribution is -2.21. The molecule has 0 saturated heterocycles. The SMILES string of the molecule is COC(=O)[C@H](CC(=O)c1ccc2c(c1)CCO2)CC(C)C. The molecule has 0 saturated carbocycles. The van der Waals surface area contributed by atoms with Gasteiger partial charge in [-0.25, -0.2) is 0 Å². The minimum Gasteiger partial charge on any atom is -0.493 e. The van der Waals surface area contributed by atoms with Gasteiger partial charge in [-0.3, -0.25) is 9.59 Å². The van der Waals surface area contributed by atoms with Gasteiger partial charge in [-0.05, 0) is 36.1 Å². The largest absolute Gasteiger partial charge is 0.493 e. The van der Waals surface area contributed by atoms with E-state index < -0.39 is 0 Å². The quantitative estimate of drug-likeness (QED) is 0.597. The standard InChI is InChI=1S/C17H22O4/c1-11(2)8-14(17(19)20-3)10-15(18)12-4-5-16-13(9-12)6-7-21-16/h4-5,9,11,14H,6-8,10H2,1-3H3/t14-/m0/s1. The molecule has 0 aromatic heterocycles. The summed E-state index contributed by atoms with van der Waals surface area (Å²) < 4.78 is 10.2. The van der Waals surface area contributed by atoms with Crippen molar-refractivity contribution in [3.8, 4) is 5.75 Å². The molecule has 0 unspecified atom stereocenters. The van der Waals surface area contributed by atoms with Crippen molar-refractivity contribution in [3.63, 3.8) is 0 Å². The molecule has 1 aromatic rings. The molecule has 21 heavy (non-hydrogen) atoms. The van der Waals surface area contributed by atoms with Gasteiger partial charge in [0.05, 0.1) is 19.6 Å². The van der Waals surface area contributed by atoms with Gasteiger partial charge in [0.1, 0.15) is 5.75 Å². The van der Waals surface area contributed by atoms with Crippen molar-refractivity contribution in [1.82, 2.24) is 0 Å². The first-order valence-electron chi connectivity index (χ1n) is 7.38. The molecule has 0 bridgehead atoms. The molecule has 0 spiro atoms. The van der Waals surface area contributed by atoms with Gasteiger partial charge in [-0.2, -0.15) is 0 Å². The highest BCUT2D eigenvalue weighted by Gasteiger charge is 2.25. The highest BCUT2D eigenvalue weighted by atomic mass is 16.5. The highest BCUT2D eigenvalue weighted by Crippen LogP contribution is 2.27. The lowest BCUT2D eigenvalue weighted by molar-refractivity contribution is -0.145. The van der Waals surface area contributed by atoms with E-state index >= 15 is 0 Å². The van der Waals surface area contributed by atoms with Gasteiger partial charge in [0, 0.05) is 18.4 Å². The van der Waals surface area contributed by atoms with E-state index in [1.807, 2.05) is 26.0 Å². The Morgan fingerprint density at radius 1 is 1.33 bits per heavy atom. The van der Waals surface area contributed by atoms with E-state index in [4.69, 9.17) is 9.47 Å². The highest BCUT2D eigenvalue weighted by molar-refractivity contribution is 5.98. The third kappa shape index (κ3) is 3.84. The predicted molar refractivity (Wildman–Crippen MR) is 79.5 cm³/mol. The summed E-state index contributed by atoms with van der Waals surface area (Å²) in [6.07, 6.45) is 1.69.